The van der Waals surface area contributed by atoms with Crippen LogP contribution in [0.15, 0.2) is 11.6 Å². The summed E-state index contributed by atoms with van der Waals surface area (Å²) in [5.41, 5.74) is 0.249. The number of carboxylic acids is 1. The molecule has 0 spiro atoms. The van der Waals surface area contributed by atoms with Crippen LogP contribution in [0.5, 0.6) is 0 Å². The number of morpholine rings is 1. The molecule has 1 amide bonds. The van der Waals surface area contributed by atoms with E-state index in [0.29, 0.717) is 26.3 Å². The smallest absolute Gasteiger partial charge is 0.328 e. The molecule has 1 N–H and O–H groups in total. The Morgan fingerprint density at radius 1 is 1.36 bits per heavy atom. The van der Waals surface area contributed by atoms with E-state index in [0.717, 1.165) is 6.08 Å². The van der Waals surface area contributed by atoms with Crippen LogP contribution in [0.2, 0.25) is 0 Å². The lowest BCUT2D eigenvalue weighted by molar-refractivity contribution is -0.134. The van der Waals surface area contributed by atoms with Crippen LogP contribution in [0, 0.1) is 0 Å². The lowest BCUT2D eigenvalue weighted by Crippen LogP contribution is -2.41. The van der Waals surface area contributed by atoms with E-state index < -0.39 is 5.97 Å². The maximum absolute atomic E-state index is 11.6. The minimum absolute atomic E-state index is 0.226. The average molecular weight is 199 g/mol. The third kappa shape index (κ3) is 2.85. The van der Waals surface area contributed by atoms with Gasteiger partial charge in [-0.2, -0.15) is 0 Å². The normalized spacial score (nSPS) is 18.1. The molecule has 1 rings (SSSR count). The van der Waals surface area contributed by atoms with Gasteiger partial charge in [-0.25, -0.2) is 4.79 Å². The Bertz CT molecular complexity index is 266. The molecular formula is C9H13NO4. The van der Waals surface area contributed by atoms with Crippen molar-refractivity contribution in [2.75, 3.05) is 26.3 Å². The number of hydrogen-bond donors (Lipinski definition) is 1. The Kier molecular flexibility index (Phi) is 3.64. The van der Waals surface area contributed by atoms with E-state index in [-0.39, 0.29) is 11.5 Å². The lowest BCUT2D eigenvalue weighted by atomic mass is 10.2. The number of carbonyl (C=O) groups excluding carboxylic acids is 1. The Labute approximate surface area is 82.0 Å². The van der Waals surface area contributed by atoms with Crippen LogP contribution in [-0.2, 0) is 14.3 Å². The van der Waals surface area contributed by atoms with Crippen molar-refractivity contribution in [1.29, 1.82) is 0 Å². The topological polar surface area (TPSA) is 66.8 Å². The van der Waals surface area contributed by atoms with Crippen molar-refractivity contribution < 1.29 is 19.4 Å². The number of rotatable bonds is 2. The molecule has 0 aromatic rings. The second-order valence-electron chi connectivity index (χ2n) is 3.07. The largest absolute Gasteiger partial charge is 0.478 e. The number of carboxylic acid groups (broad SMARTS) is 1. The molecule has 0 aromatic carbocycles. The SMILES string of the molecule is C/C(=C\C(=O)O)C(=O)N1CCOCC1. The van der Waals surface area contributed by atoms with Crippen LogP contribution in [0.3, 0.4) is 0 Å². The average Bonchev–Trinajstić information content (AvgIpc) is 2.17. The van der Waals surface area contributed by atoms with Crippen LogP contribution in [0.4, 0.5) is 0 Å². The zero-order valence-corrected chi connectivity index (χ0v) is 8.02. The van der Waals surface area contributed by atoms with Crippen LogP contribution in [0.1, 0.15) is 6.92 Å². The number of amides is 1. The van der Waals surface area contributed by atoms with Crippen molar-refractivity contribution in [1.82, 2.24) is 4.90 Å². The molecule has 5 heteroatoms. The number of ether oxygens (including phenoxy) is 1. The van der Waals surface area contributed by atoms with Gasteiger partial charge >= 0.3 is 5.97 Å². The van der Waals surface area contributed by atoms with E-state index in [4.69, 9.17) is 9.84 Å². The molecule has 0 aliphatic carbocycles. The molecule has 0 bridgehead atoms. The van der Waals surface area contributed by atoms with Crippen molar-refractivity contribution in [3.8, 4) is 0 Å². The van der Waals surface area contributed by atoms with E-state index in [9.17, 15) is 9.59 Å². The monoisotopic (exact) mass is 199 g/mol. The van der Waals surface area contributed by atoms with Gasteiger partial charge in [0.2, 0.25) is 5.91 Å². The molecule has 1 aliphatic rings. The summed E-state index contributed by atoms with van der Waals surface area (Å²) in [5.74, 6) is -1.32. The predicted molar refractivity (Wildman–Crippen MR) is 48.8 cm³/mol. The Morgan fingerprint density at radius 3 is 2.43 bits per heavy atom. The van der Waals surface area contributed by atoms with E-state index >= 15 is 0 Å². The van der Waals surface area contributed by atoms with Crippen molar-refractivity contribution in [2.24, 2.45) is 0 Å². The van der Waals surface area contributed by atoms with Gasteiger partial charge in [0.15, 0.2) is 0 Å². The highest BCUT2D eigenvalue weighted by Gasteiger charge is 2.18. The van der Waals surface area contributed by atoms with Crippen molar-refractivity contribution >= 4 is 11.9 Å². The summed E-state index contributed by atoms with van der Waals surface area (Å²) >= 11 is 0. The summed E-state index contributed by atoms with van der Waals surface area (Å²) in [6, 6.07) is 0. The summed E-state index contributed by atoms with van der Waals surface area (Å²) in [7, 11) is 0. The molecule has 0 saturated carbocycles. The summed E-state index contributed by atoms with van der Waals surface area (Å²) in [6.07, 6.45) is 0.928. The van der Waals surface area contributed by atoms with E-state index in [1.54, 1.807) is 4.90 Å². The first-order valence-corrected chi connectivity index (χ1v) is 4.39. The van der Waals surface area contributed by atoms with Gasteiger partial charge in [0.05, 0.1) is 13.2 Å². The van der Waals surface area contributed by atoms with Gasteiger partial charge in [-0.3, -0.25) is 4.79 Å². The second kappa shape index (κ2) is 4.76. The zero-order chi connectivity index (χ0) is 10.6. The number of aliphatic carboxylic acids is 1. The predicted octanol–water partition coefficient (Wildman–Crippen LogP) is -0.124. The van der Waals surface area contributed by atoms with Crippen LogP contribution in [0.25, 0.3) is 0 Å². The number of nitrogens with zero attached hydrogens (tertiary/aromatic N) is 1. The maximum atomic E-state index is 11.6. The van der Waals surface area contributed by atoms with E-state index in [1.807, 2.05) is 0 Å². The number of hydrogen-bond acceptors (Lipinski definition) is 3. The first kappa shape index (κ1) is 10.7. The molecule has 5 nitrogen and oxygen atoms in total. The number of carbonyl (C=O) groups is 2. The molecule has 0 atom stereocenters. The third-order valence-electron chi connectivity index (χ3n) is 1.98. The highest BCUT2D eigenvalue weighted by molar-refractivity contribution is 5.98. The van der Waals surface area contributed by atoms with Crippen molar-refractivity contribution in [3.63, 3.8) is 0 Å². The van der Waals surface area contributed by atoms with E-state index in [1.165, 1.54) is 6.92 Å². The Balaban J connectivity index is 2.59. The fourth-order valence-corrected chi connectivity index (χ4v) is 1.26. The molecule has 14 heavy (non-hydrogen) atoms. The Hall–Kier alpha value is -1.36. The highest BCUT2D eigenvalue weighted by Crippen LogP contribution is 2.04. The first-order valence-electron chi connectivity index (χ1n) is 4.39. The standard InChI is InChI=1S/C9H13NO4/c1-7(6-8(11)12)9(13)10-2-4-14-5-3-10/h6H,2-5H2,1H3,(H,11,12)/b7-6+. The van der Waals surface area contributed by atoms with Crippen LogP contribution < -0.4 is 0 Å². The zero-order valence-electron chi connectivity index (χ0n) is 8.02. The fraction of sp³-hybridized carbons (Fsp3) is 0.556. The van der Waals surface area contributed by atoms with Crippen LogP contribution in [-0.4, -0.2) is 48.2 Å². The quantitative estimate of drug-likeness (QED) is 0.629. The van der Waals surface area contributed by atoms with Crippen molar-refractivity contribution in [3.05, 3.63) is 11.6 Å². The van der Waals surface area contributed by atoms with Gasteiger partial charge < -0.3 is 14.7 Å². The summed E-state index contributed by atoms with van der Waals surface area (Å²) in [5, 5.41) is 8.46. The van der Waals surface area contributed by atoms with Gasteiger partial charge in [0.1, 0.15) is 0 Å². The van der Waals surface area contributed by atoms with Gasteiger partial charge in [0.25, 0.3) is 0 Å². The molecule has 1 heterocycles. The molecule has 0 unspecified atom stereocenters. The molecule has 1 saturated heterocycles. The summed E-state index contributed by atoms with van der Waals surface area (Å²) in [4.78, 5) is 23.5. The summed E-state index contributed by atoms with van der Waals surface area (Å²) < 4.78 is 5.08. The third-order valence-corrected chi connectivity index (χ3v) is 1.98. The van der Waals surface area contributed by atoms with Gasteiger partial charge in [-0.15, -0.1) is 0 Å². The first-order chi connectivity index (χ1) is 6.61. The molecule has 1 aliphatic heterocycles. The lowest BCUT2D eigenvalue weighted by Gasteiger charge is -2.26. The molecular weight excluding hydrogens is 186 g/mol. The van der Waals surface area contributed by atoms with Crippen LogP contribution >= 0.6 is 0 Å². The molecule has 0 radical (unpaired) electrons. The Morgan fingerprint density at radius 2 is 1.93 bits per heavy atom. The van der Waals surface area contributed by atoms with Gasteiger partial charge in [-0.05, 0) is 6.92 Å². The van der Waals surface area contributed by atoms with Gasteiger partial charge in [-0.1, -0.05) is 0 Å². The fourth-order valence-electron chi connectivity index (χ4n) is 1.26. The summed E-state index contributed by atoms with van der Waals surface area (Å²) in [6.45, 7) is 3.61. The molecule has 1 fully saturated rings. The van der Waals surface area contributed by atoms with E-state index in [2.05, 4.69) is 0 Å². The second-order valence-corrected chi connectivity index (χ2v) is 3.07. The molecule has 0 aromatic heterocycles. The molecule has 78 valence electrons. The van der Waals surface area contributed by atoms with Crippen molar-refractivity contribution in [2.45, 2.75) is 6.92 Å². The highest BCUT2D eigenvalue weighted by atomic mass is 16.5. The minimum Gasteiger partial charge on any atom is -0.478 e. The maximum Gasteiger partial charge on any atom is 0.328 e. The van der Waals surface area contributed by atoms with Gasteiger partial charge in [0, 0.05) is 24.7 Å². The minimum atomic E-state index is -1.09.